The van der Waals surface area contributed by atoms with Crippen LogP contribution in [0.1, 0.15) is 31.9 Å². The number of benzene rings is 1. The Balaban J connectivity index is 3.68. The van der Waals surface area contributed by atoms with Crippen molar-refractivity contribution in [3.8, 4) is 0 Å². The topological polar surface area (TPSA) is 0 Å². The van der Waals surface area contributed by atoms with Crippen LogP contribution in [0.25, 0.3) is 0 Å². The summed E-state index contributed by atoms with van der Waals surface area (Å²) in [6.45, 7) is 7.26. The van der Waals surface area contributed by atoms with E-state index in [9.17, 15) is 8.78 Å². The van der Waals surface area contributed by atoms with Crippen LogP contribution in [-0.2, 0) is 5.41 Å². The van der Waals surface area contributed by atoms with Gasteiger partial charge in [0, 0.05) is 5.30 Å². The first-order valence-corrected chi connectivity index (χ1v) is 5.49. The minimum Gasteiger partial charge on any atom is -0.207 e. The van der Waals surface area contributed by atoms with E-state index in [2.05, 4.69) is 9.24 Å². The van der Waals surface area contributed by atoms with Crippen LogP contribution in [-0.4, -0.2) is 7.85 Å². The summed E-state index contributed by atoms with van der Waals surface area (Å²) in [5.41, 5.74) is 0.885. The maximum atomic E-state index is 14.0. The van der Waals surface area contributed by atoms with Gasteiger partial charge in [0.15, 0.2) is 0 Å². The van der Waals surface area contributed by atoms with E-state index in [4.69, 9.17) is 0 Å². The molecule has 0 radical (unpaired) electrons. The minimum atomic E-state index is -0.381. The van der Waals surface area contributed by atoms with Gasteiger partial charge in [0.2, 0.25) is 0 Å². The van der Waals surface area contributed by atoms with Gasteiger partial charge in [-0.15, -0.1) is 9.24 Å². The standard InChI is InChI=1S/C11H16BF2P/c1-5-8(13)7(12)6(11(2,3)4)9(14)10(5)15/h12,15H2,1-4H3. The molecular formula is C11H16BF2P. The first-order valence-electron chi connectivity index (χ1n) is 4.92. The van der Waals surface area contributed by atoms with Crippen LogP contribution in [0, 0.1) is 18.6 Å². The van der Waals surface area contributed by atoms with Gasteiger partial charge in [0.1, 0.15) is 19.5 Å². The molecule has 82 valence electrons. The second-order valence-corrected chi connectivity index (χ2v) is 5.49. The molecule has 0 fully saturated rings. The van der Waals surface area contributed by atoms with Crippen LogP contribution in [0.5, 0.6) is 0 Å². The minimum absolute atomic E-state index is 0.300. The summed E-state index contributed by atoms with van der Waals surface area (Å²) < 4.78 is 27.8. The third-order valence-corrected chi connectivity index (χ3v) is 3.33. The molecule has 0 saturated carbocycles. The van der Waals surface area contributed by atoms with Crippen molar-refractivity contribution >= 4 is 27.9 Å². The number of hydrogen-bond acceptors (Lipinski definition) is 0. The fourth-order valence-electron chi connectivity index (χ4n) is 1.86. The largest absolute Gasteiger partial charge is 0.207 e. The van der Waals surface area contributed by atoms with Gasteiger partial charge in [0.05, 0.1) is 0 Å². The second-order valence-electron chi connectivity index (χ2n) is 4.92. The average molecular weight is 228 g/mol. The van der Waals surface area contributed by atoms with Gasteiger partial charge in [-0.25, -0.2) is 8.78 Å². The molecule has 1 atom stereocenters. The monoisotopic (exact) mass is 228 g/mol. The molecular weight excluding hydrogens is 212 g/mol. The van der Waals surface area contributed by atoms with Crippen molar-refractivity contribution in [2.45, 2.75) is 33.1 Å². The Morgan fingerprint density at radius 3 is 2.00 bits per heavy atom. The Morgan fingerprint density at radius 1 is 1.13 bits per heavy atom. The van der Waals surface area contributed by atoms with Crippen LogP contribution in [0.4, 0.5) is 8.78 Å². The second kappa shape index (κ2) is 3.86. The Bertz CT molecular complexity index is 379. The van der Waals surface area contributed by atoms with Gasteiger partial charge < -0.3 is 0 Å². The first-order chi connectivity index (χ1) is 6.68. The molecule has 4 heteroatoms. The van der Waals surface area contributed by atoms with E-state index in [0.29, 0.717) is 21.9 Å². The Hall–Kier alpha value is -0.425. The van der Waals surface area contributed by atoms with E-state index < -0.39 is 0 Å². The lowest BCUT2D eigenvalue weighted by Gasteiger charge is -2.25. The lowest BCUT2D eigenvalue weighted by Crippen LogP contribution is -2.32. The molecule has 0 bridgehead atoms. The lowest BCUT2D eigenvalue weighted by atomic mass is 9.76. The zero-order chi connectivity index (χ0) is 12.0. The third kappa shape index (κ3) is 2.08. The molecule has 1 rings (SSSR count). The molecule has 0 aliphatic carbocycles. The van der Waals surface area contributed by atoms with Gasteiger partial charge in [-0.1, -0.05) is 20.8 Å². The van der Waals surface area contributed by atoms with E-state index in [1.54, 1.807) is 14.8 Å². The highest BCUT2D eigenvalue weighted by atomic mass is 31.0. The summed E-state index contributed by atoms with van der Waals surface area (Å²) in [5.74, 6) is -0.602. The molecule has 1 aromatic rings. The quantitative estimate of drug-likeness (QED) is 0.464. The van der Waals surface area contributed by atoms with Crippen molar-refractivity contribution in [1.29, 1.82) is 0 Å². The molecule has 0 heterocycles. The Morgan fingerprint density at radius 2 is 1.60 bits per heavy atom. The fourth-order valence-corrected chi connectivity index (χ4v) is 2.14. The zero-order valence-electron chi connectivity index (χ0n) is 9.83. The smallest absolute Gasteiger partial charge is 0.143 e. The molecule has 0 aliphatic heterocycles. The maximum absolute atomic E-state index is 14.0. The highest BCUT2D eigenvalue weighted by Gasteiger charge is 2.25. The summed E-state index contributed by atoms with van der Waals surface area (Å²) in [6.07, 6.45) is 0. The van der Waals surface area contributed by atoms with E-state index in [-0.39, 0.29) is 17.0 Å². The van der Waals surface area contributed by atoms with E-state index in [0.717, 1.165) is 0 Å². The van der Waals surface area contributed by atoms with Crippen LogP contribution in [0.3, 0.4) is 0 Å². The van der Waals surface area contributed by atoms with Gasteiger partial charge in [-0.3, -0.25) is 0 Å². The Kier molecular flexibility index (Phi) is 3.26. The van der Waals surface area contributed by atoms with Crippen molar-refractivity contribution in [2.75, 3.05) is 0 Å². The highest BCUT2D eigenvalue weighted by Crippen LogP contribution is 2.25. The van der Waals surface area contributed by atoms with Crippen molar-refractivity contribution in [2.24, 2.45) is 0 Å². The molecule has 1 aromatic carbocycles. The first kappa shape index (κ1) is 12.6. The molecule has 0 aromatic heterocycles. The predicted molar refractivity (Wildman–Crippen MR) is 67.3 cm³/mol. The van der Waals surface area contributed by atoms with Crippen LogP contribution >= 0.6 is 9.24 Å². The lowest BCUT2D eigenvalue weighted by molar-refractivity contribution is 0.521. The molecule has 0 saturated heterocycles. The number of hydrogen-bond donors (Lipinski definition) is 0. The fraction of sp³-hybridized carbons (Fsp3) is 0.455. The summed E-state index contributed by atoms with van der Waals surface area (Å²) in [4.78, 5) is 0. The molecule has 0 nitrogen and oxygen atoms in total. The van der Waals surface area contributed by atoms with Crippen molar-refractivity contribution in [1.82, 2.24) is 0 Å². The molecule has 0 aliphatic rings. The number of halogens is 2. The molecule has 15 heavy (non-hydrogen) atoms. The van der Waals surface area contributed by atoms with Gasteiger partial charge in [-0.2, -0.15) is 0 Å². The molecule has 0 amide bonds. The van der Waals surface area contributed by atoms with E-state index >= 15 is 0 Å². The van der Waals surface area contributed by atoms with Crippen molar-refractivity contribution < 1.29 is 8.78 Å². The SMILES string of the molecule is Bc1c(F)c(C)c(P)c(F)c1C(C)(C)C. The predicted octanol–water partition coefficient (Wildman–Crippen LogP) is 1.33. The molecule has 0 spiro atoms. The summed E-state index contributed by atoms with van der Waals surface area (Å²) in [7, 11) is 3.91. The number of rotatable bonds is 0. The molecule has 1 unspecified atom stereocenters. The van der Waals surface area contributed by atoms with E-state index in [1.165, 1.54) is 0 Å². The zero-order valence-corrected chi connectivity index (χ0v) is 11.0. The maximum Gasteiger partial charge on any atom is 0.143 e. The average Bonchev–Trinajstić information content (AvgIpc) is 2.09. The van der Waals surface area contributed by atoms with Gasteiger partial charge in [0.25, 0.3) is 0 Å². The van der Waals surface area contributed by atoms with Crippen molar-refractivity contribution in [3.63, 3.8) is 0 Å². The summed E-state index contributed by atoms with van der Waals surface area (Å²) >= 11 is 0. The van der Waals surface area contributed by atoms with Gasteiger partial charge in [-0.05, 0) is 28.9 Å². The van der Waals surface area contributed by atoms with Crippen molar-refractivity contribution in [3.05, 3.63) is 22.8 Å². The van der Waals surface area contributed by atoms with Crippen LogP contribution in [0.2, 0.25) is 0 Å². The van der Waals surface area contributed by atoms with E-state index in [1.807, 2.05) is 20.8 Å². The summed E-state index contributed by atoms with van der Waals surface area (Å²) in [5, 5.41) is 0.336. The van der Waals surface area contributed by atoms with Crippen LogP contribution < -0.4 is 10.8 Å². The molecule has 0 N–H and O–H groups in total. The van der Waals surface area contributed by atoms with Crippen LogP contribution in [0.15, 0.2) is 0 Å². The highest BCUT2D eigenvalue weighted by molar-refractivity contribution is 7.27. The third-order valence-electron chi connectivity index (χ3n) is 2.64. The Labute approximate surface area is 93.1 Å². The normalized spacial score (nSPS) is 11.9. The summed E-state index contributed by atoms with van der Waals surface area (Å²) in [6, 6.07) is 0. The van der Waals surface area contributed by atoms with Gasteiger partial charge >= 0.3 is 0 Å².